The van der Waals surface area contributed by atoms with E-state index in [-0.39, 0.29) is 12.2 Å². The molecule has 0 spiro atoms. The zero-order valence-electron chi connectivity index (χ0n) is 15.0. The first-order valence-corrected chi connectivity index (χ1v) is 9.43. The number of halogens is 2. The fourth-order valence-electron chi connectivity index (χ4n) is 3.38. The Morgan fingerprint density at radius 2 is 1.79 bits per heavy atom. The molecule has 3 aromatic carbocycles. The zero-order valence-corrected chi connectivity index (χ0v) is 16.5. The molecule has 0 aliphatic carbocycles. The predicted octanol–water partition coefficient (Wildman–Crippen LogP) is 6.07. The molecule has 0 unspecified atom stereocenters. The van der Waals surface area contributed by atoms with Crippen molar-refractivity contribution in [2.24, 2.45) is 0 Å². The Balaban J connectivity index is 1.90. The first-order chi connectivity index (χ1) is 13.4. The summed E-state index contributed by atoms with van der Waals surface area (Å²) in [7, 11) is 0. The quantitative estimate of drug-likeness (QED) is 0.444. The molecule has 28 heavy (non-hydrogen) atoms. The standard InChI is InChI=1S/C22H16Cl2N2O2/c1-13-20(22(27)28)26(12-17-11-18(23)8-9-19(17)24)21(25-13)16-7-6-14-4-2-3-5-15(14)10-16/h2-11H,12H2,1H3,(H,27,28). The molecule has 4 rings (SSSR count). The molecular formula is C22H16Cl2N2O2. The van der Waals surface area contributed by atoms with E-state index in [0.29, 0.717) is 21.6 Å². The Bertz CT molecular complexity index is 1210. The summed E-state index contributed by atoms with van der Waals surface area (Å²) in [4.78, 5) is 16.5. The monoisotopic (exact) mass is 410 g/mol. The van der Waals surface area contributed by atoms with Gasteiger partial charge in [0, 0.05) is 15.6 Å². The predicted molar refractivity (Wildman–Crippen MR) is 112 cm³/mol. The average Bonchev–Trinajstić information content (AvgIpc) is 3.00. The minimum Gasteiger partial charge on any atom is -0.477 e. The van der Waals surface area contributed by atoms with Crippen molar-refractivity contribution in [3.63, 3.8) is 0 Å². The lowest BCUT2D eigenvalue weighted by Crippen LogP contribution is -2.12. The highest BCUT2D eigenvalue weighted by atomic mass is 35.5. The summed E-state index contributed by atoms with van der Waals surface area (Å²) in [5.74, 6) is -0.452. The van der Waals surface area contributed by atoms with Crippen molar-refractivity contribution >= 4 is 39.9 Å². The second kappa shape index (κ2) is 7.30. The van der Waals surface area contributed by atoms with Crippen LogP contribution in [0.3, 0.4) is 0 Å². The number of imidazole rings is 1. The molecule has 1 aromatic heterocycles. The van der Waals surface area contributed by atoms with Crippen molar-refractivity contribution in [1.29, 1.82) is 0 Å². The number of carbonyl (C=O) groups is 1. The van der Waals surface area contributed by atoms with Gasteiger partial charge in [-0.3, -0.25) is 0 Å². The van der Waals surface area contributed by atoms with Crippen molar-refractivity contribution in [1.82, 2.24) is 9.55 Å². The Hall–Kier alpha value is -2.82. The van der Waals surface area contributed by atoms with Gasteiger partial charge in [0.2, 0.25) is 0 Å². The largest absolute Gasteiger partial charge is 0.477 e. The number of aromatic nitrogens is 2. The first-order valence-electron chi connectivity index (χ1n) is 8.67. The van der Waals surface area contributed by atoms with Gasteiger partial charge in [-0.05, 0) is 47.5 Å². The van der Waals surface area contributed by atoms with Crippen LogP contribution >= 0.6 is 23.2 Å². The van der Waals surface area contributed by atoms with Gasteiger partial charge in [0.05, 0.1) is 12.2 Å². The molecule has 0 aliphatic heterocycles. The minimum absolute atomic E-state index is 0.138. The third kappa shape index (κ3) is 3.37. The van der Waals surface area contributed by atoms with E-state index in [1.54, 1.807) is 29.7 Å². The van der Waals surface area contributed by atoms with Crippen LogP contribution < -0.4 is 0 Å². The van der Waals surface area contributed by atoms with Crippen molar-refractivity contribution in [3.05, 3.63) is 87.7 Å². The summed E-state index contributed by atoms with van der Waals surface area (Å²) in [6.07, 6.45) is 0. The summed E-state index contributed by atoms with van der Waals surface area (Å²) in [5, 5.41) is 13.0. The molecule has 0 amide bonds. The van der Waals surface area contributed by atoms with Crippen LogP contribution in [0.15, 0.2) is 60.7 Å². The van der Waals surface area contributed by atoms with E-state index in [4.69, 9.17) is 23.2 Å². The van der Waals surface area contributed by atoms with E-state index in [1.165, 1.54) is 0 Å². The number of carboxylic acids is 1. The van der Waals surface area contributed by atoms with Gasteiger partial charge in [0.15, 0.2) is 5.69 Å². The molecular weight excluding hydrogens is 395 g/mol. The van der Waals surface area contributed by atoms with Crippen molar-refractivity contribution in [2.75, 3.05) is 0 Å². The Morgan fingerprint density at radius 3 is 2.54 bits per heavy atom. The van der Waals surface area contributed by atoms with Gasteiger partial charge in [0.25, 0.3) is 0 Å². The molecule has 1 heterocycles. The maximum Gasteiger partial charge on any atom is 0.354 e. The van der Waals surface area contributed by atoms with E-state index in [0.717, 1.165) is 21.9 Å². The van der Waals surface area contributed by atoms with E-state index in [1.807, 2.05) is 42.5 Å². The fourth-order valence-corrected chi connectivity index (χ4v) is 3.75. The number of hydrogen-bond donors (Lipinski definition) is 1. The minimum atomic E-state index is -1.03. The number of hydrogen-bond acceptors (Lipinski definition) is 2. The van der Waals surface area contributed by atoms with Gasteiger partial charge < -0.3 is 9.67 Å². The normalized spacial score (nSPS) is 11.1. The second-order valence-corrected chi connectivity index (χ2v) is 7.40. The molecule has 0 saturated carbocycles. The van der Waals surface area contributed by atoms with Gasteiger partial charge >= 0.3 is 5.97 Å². The second-order valence-electron chi connectivity index (χ2n) is 6.56. The molecule has 0 saturated heterocycles. The Labute approximate surface area is 172 Å². The maximum absolute atomic E-state index is 11.9. The number of aromatic carboxylic acids is 1. The summed E-state index contributed by atoms with van der Waals surface area (Å²) >= 11 is 12.4. The highest BCUT2D eigenvalue weighted by molar-refractivity contribution is 6.33. The van der Waals surface area contributed by atoms with Crippen LogP contribution in [0.5, 0.6) is 0 Å². The van der Waals surface area contributed by atoms with Crippen molar-refractivity contribution in [2.45, 2.75) is 13.5 Å². The molecule has 1 N–H and O–H groups in total. The number of fused-ring (bicyclic) bond motifs is 1. The molecule has 4 nitrogen and oxygen atoms in total. The van der Waals surface area contributed by atoms with E-state index >= 15 is 0 Å². The summed E-state index contributed by atoms with van der Waals surface area (Å²) < 4.78 is 1.68. The lowest BCUT2D eigenvalue weighted by molar-refractivity contribution is 0.0685. The fraction of sp³-hybridized carbons (Fsp3) is 0.0909. The smallest absolute Gasteiger partial charge is 0.354 e. The van der Waals surface area contributed by atoms with Crippen LogP contribution in [-0.2, 0) is 6.54 Å². The van der Waals surface area contributed by atoms with Crippen LogP contribution in [0, 0.1) is 6.92 Å². The number of aryl methyl sites for hydroxylation is 1. The average molecular weight is 411 g/mol. The van der Waals surface area contributed by atoms with Crippen molar-refractivity contribution in [3.8, 4) is 11.4 Å². The molecule has 0 fully saturated rings. The van der Waals surface area contributed by atoms with Gasteiger partial charge in [-0.15, -0.1) is 0 Å². The van der Waals surface area contributed by atoms with Crippen LogP contribution in [0.1, 0.15) is 21.7 Å². The topological polar surface area (TPSA) is 55.1 Å². The number of benzene rings is 3. The van der Waals surface area contributed by atoms with Crippen LogP contribution in [-0.4, -0.2) is 20.6 Å². The first kappa shape index (κ1) is 18.5. The maximum atomic E-state index is 11.9. The highest BCUT2D eigenvalue weighted by Crippen LogP contribution is 2.29. The third-order valence-corrected chi connectivity index (χ3v) is 5.29. The van der Waals surface area contributed by atoms with Gasteiger partial charge in [-0.1, -0.05) is 59.6 Å². The molecule has 140 valence electrons. The summed E-state index contributed by atoms with van der Waals surface area (Å²) in [6.45, 7) is 1.95. The molecule has 6 heteroatoms. The van der Waals surface area contributed by atoms with E-state index < -0.39 is 5.97 Å². The zero-order chi connectivity index (χ0) is 19.8. The third-order valence-electron chi connectivity index (χ3n) is 4.69. The lowest BCUT2D eigenvalue weighted by Gasteiger charge is -2.13. The SMILES string of the molecule is Cc1nc(-c2ccc3ccccc3c2)n(Cc2cc(Cl)ccc2Cl)c1C(=O)O. The molecule has 0 aliphatic rings. The van der Waals surface area contributed by atoms with Gasteiger partial charge in [-0.2, -0.15) is 0 Å². The van der Waals surface area contributed by atoms with Crippen LogP contribution in [0.25, 0.3) is 22.2 Å². The highest BCUT2D eigenvalue weighted by Gasteiger charge is 2.22. The number of carboxylic acid groups (broad SMARTS) is 1. The Kier molecular flexibility index (Phi) is 4.84. The summed E-state index contributed by atoms with van der Waals surface area (Å²) in [5.41, 5.74) is 2.16. The lowest BCUT2D eigenvalue weighted by atomic mass is 10.1. The van der Waals surface area contributed by atoms with E-state index in [2.05, 4.69) is 4.98 Å². The number of nitrogens with zero attached hydrogens (tertiary/aromatic N) is 2. The van der Waals surface area contributed by atoms with Crippen LogP contribution in [0.2, 0.25) is 10.0 Å². The molecule has 0 atom stereocenters. The molecule has 4 aromatic rings. The van der Waals surface area contributed by atoms with Crippen molar-refractivity contribution < 1.29 is 9.90 Å². The number of rotatable bonds is 4. The van der Waals surface area contributed by atoms with Gasteiger partial charge in [-0.25, -0.2) is 9.78 Å². The van der Waals surface area contributed by atoms with Crippen LogP contribution in [0.4, 0.5) is 0 Å². The summed E-state index contributed by atoms with van der Waals surface area (Å²) in [6, 6.07) is 19.1. The van der Waals surface area contributed by atoms with E-state index in [9.17, 15) is 9.90 Å². The Morgan fingerprint density at radius 1 is 1.04 bits per heavy atom. The molecule has 0 bridgehead atoms. The van der Waals surface area contributed by atoms with Gasteiger partial charge in [0.1, 0.15) is 5.82 Å². The molecule has 0 radical (unpaired) electrons.